The van der Waals surface area contributed by atoms with Crippen LogP contribution in [0.1, 0.15) is 12.7 Å². The predicted molar refractivity (Wildman–Crippen MR) is 78.6 cm³/mol. The lowest BCUT2D eigenvalue weighted by atomic mass is 10.3. The van der Waals surface area contributed by atoms with Crippen molar-refractivity contribution in [1.29, 1.82) is 0 Å². The lowest BCUT2D eigenvalue weighted by molar-refractivity contribution is 0.118. The van der Waals surface area contributed by atoms with Crippen molar-refractivity contribution in [3.63, 3.8) is 0 Å². The fourth-order valence-electron chi connectivity index (χ4n) is 1.96. The summed E-state index contributed by atoms with van der Waals surface area (Å²) in [6, 6.07) is 2.81. The van der Waals surface area contributed by atoms with Crippen LogP contribution in [0.3, 0.4) is 0 Å². The molecule has 7 nitrogen and oxygen atoms in total. The molecule has 122 valence electrons. The van der Waals surface area contributed by atoms with Crippen LogP contribution in [0.15, 0.2) is 21.6 Å². The number of nitrogens with one attached hydrogen (secondary N) is 1. The highest BCUT2D eigenvalue weighted by molar-refractivity contribution is 7.89. The molecule has 0 saturated carbocycles. The van der Waals surface area contributed by atoms with E-state index in [2.05, 4.69) is 5.32 Å². The molecule has 8 heteroatoms. The second-order valence-electron chi connectivity index (χ2n) is 4.66. The van der Waals surface area contributed by atoms with Crippen molar-refractivity contribution >= 4 is 10.0 Å². The molecule has 0 bridgehead atoms. The topological polar surface area (TPSA) is 81.0 Å². The summed E-state index contributed by atoms with van der Waals surface area (Å²) in [5.74, 6) is 0.571. The number of hydrogen-bond donors (Lipinski definition) is 1. The molecule has 0 saturated heterocycles. The summed E-state index contributed by atoms with van der Waals surface area (Å²) < 4.78 is 42.1. The molecule has 1 aromatic heterocycles. The molecule has 0 aliphatic rings. The largest absolute Gasteiger partial charge is 0.447 e. The molecule has 0 radical (unpaired) electrons. The van der Waals surface area contributed by atoms with Gasteiger partial charge in [0.15, 0.2) is 0 Å². The van der Waals surface area contributed by atoms with E-state index in [0.29, 0.717) is 25.5 Å². The molecule has 1 atom stereocenters. The standard InChI is InChI=1S/C13H24N2O5S/c1-11(10-19-4)15(7-8-18-3)21(16,17)13-6-5-12(20-13)9-14-2/h5-6,11,14H,7-10H2,1-4H3. The molecule has 1 N–H and O–H groups in total. The maximum Gasteiger partial charge on any atom is 0.276 e. The lowest BCUT2D eigenvalue weighted by Gasteiger charge is -2.26. The van der Waals surface area contributed by atoms with Gasteiger partial charge >= 0.3 is 0 Å². The number of methoxy groups -OCH3 is 2. The van der Waals surface area contributed by atoms with Crippen LogP contribution in [0.5, 0.6) is 0 Å². The molecule has 21 heavy (non-hydrogen) atoms. The number of sulfonamides is 1. The van der Waals surface area contributed by atoms with Gasteiger partial charge in [-0.25, -0.2) is 8.42 Å². The molecule has 1 rings (SSSR count). The van der Waals surface area contributed by atoms with Gasteiger partial charge in [-0.2, -0.15) is 4.31 Å². The summed E-state index contributed by atoms with van der Waals surface area (Å²) in [7, 11) is 1.12. The van der Waals surface area contributed by atoms with Gasteiger partial charge in [0.2, 0.25) is 5.09 Å². The van der Waals surface area contributed by atoms with Crippen LogP contribution in [0.2, 0.25) is 0 Å². The predicted octanol–water partition coefficient (Wildman–Crippen LogP) is 0.671. The Hall–Kier alpha value is -0.930. The van der Waals surface area contributed by atoms with Gasteiger partial charge in [-0.05, 0) is 26.1 Å². The molecule has 1 aromatic rings. The summed E-state index contributed by atoms with van der Waals surface area (Å²) >= 11 is 0. The third-order valence-corrected chi connectivity index (χ3v) is 4.85. The van der Waals surface area contributed by atoms with Gasteiger partial charge in [-0.15, -0.1) is 0 Å². The van der Waals surface area contributed by atoms with E-state index in [4.69, 9.17) is 13.9 Å². The molecule has 1 heterocycles. The van der Waals surface area contributed by atoms with Crippen LogP contribution >= 0.6 is 0 Å². The van der Waals surface area contributed by atoms with E-state index in [-0.39, 0.29) is 17.7 Å². The van der Waals surface area contributed by atoms with Crippen molar-refractivity contribution in [3.8, 4) is 0 Å². The Balaban J connectivity index is 3.00. The number of rotatable bonds is 10. The molecule has 0 aromatic carbocycles. The molecule has 0 aliphatic carbocycles. The fourth-order valence-corrected chi connectivity index (χ4v) is 3.50. The van der Waals surface area contributed by atoms with Crippen molar-refractivity contribution < 1.29 is 22.3 Å². The molecular formula is C13H24N2O5S. The highest BCUT2D eigenvalue weighted by Crippen LogP contribution is 2.21. The normalized spacial score (nSPS) is 13.8. The van der Waals surface area contributed by atoms with Gasteiger partial charge in [0.1, 0.15) is 5.76 Å². The van der Waals surface area contributed by atoms with Gasteiger partial charge < -0.3 is 19.2 Å². The first kappa shape index (κ1) is 18.1. The maximum atomic E-state index is 12.7. The number of furan rings is 1. The Kier molecular flexibility index (Phi) is 7.33. The number of hydrogen-bond acceptors (Lipinski definition) is 6. The van der Waals surface area contributed by atoms with Gasteiger partial charge in [-0.3, -0.25) is 0 Å². The van der Waals surface area contributed by atoms with Crippen LogP contribution in [0, 0.1) is 0 Å². The SMILES string of the molecule is CNCc1ccc(S(=O)(=O)N(CCOC)C(C)COC)o1. The van der Waals surface area contributed by atoms with E-state index in [9.17, 15) is 8.42 Å². The van der Waals surface area contributed by atoms with E-state index < -0.39 is 10.0 Å². The van der Waals surface area contributed by atoms with Crippen molar-refractivity contribution in [1.82, 2.24) is 9.62 Å². The van der Waals surface area contributed by atoms with E-state index >= 15 is 0 Å². The Morgan fingerprint density at radius 3 is 2.62 bits per heavy atom. The number of ether oxygens (including phenoxy) is 2. The van der Waals surface area contributed by atoms with Crippen molar-refractivity contribution in [3.05, 3.63) is 17.9 Å². The summed E-state index contributed by atoms with van der Waals surface area (Å²) in [5, 5.41) is 2.85. The van der Waals surface area contributed by atoms with Gasteiger partial charge in [-0.1, -0.05) is 0 Å². The Bertz CT molecular complexity index is 514. The first-order chi connectivity index (χ1) is 9.97. The number of nitrogens with zero attached hydrogens (tertiary/aromatic N) is 1. The summed E-state index contributed by atoms with van der Waals surface area (Å²) in [5.41, 5.74) is 0. The highest BCUT2D eigenvalue weighted by Gasteiger charge is 2.31. The Morgan fingerprint density at radius 2 is 2.05 bits per heavy atom. The minimum atomic E-state index is -3.71. The van der Waals surface area contributed by atoms with E-state index in [1.54, 1.807) is 20.0 Å². The quantitative estimate of drug-likeness (QED) is 0.682. The highest BCUT2D eigenvalue weighted by atomic mass is 32.2. The summed E-state index contributed by atoms with van der Waals surface area (Å²) in [4.78, 5) is 0. The Labute approximate surface area is 126 Å². The first-order valence-corrected chi connectivity index (χ1v) is 8.14. The van der Waals surface area contributed by atoms with Crippen LogP contribution in [0.25, 0.3) is 0 Å². The van der Waals surface area contributed by atoms with Gasteiger partial charge in [0, 0.05) is 26.8 Å². The smallest absolute Gasteiger partial charge is 0.276 e. The molecule has 0 amide bonds. The zero-order chi connectivity index (χ0) is 15.9. The molecule has 0 aliphatic heterocycles. The fraction of sp³-hybridized carbons (Fsp3) is 0.692. The molecule has 1 unspecified atom stereocenters. The minimum absolute atomic E-state index is 0.0631. The maximum absolute atomic E-state index is 12.7. The third kappa shape index (κ3) is 4.79. The molecular weight excluding hydrogens is 296 g/mol. The van der Waals surface area contributed by atoms with Crippen molar-refractivity contribution in [2.24, 2.45) is 0 Å². The van der Waals surface area contributed by atoms with Crippen LogP contribution in [0.4, 0.5) is 0 Å². The van der Waals surface area contributed by atoms with E-state index in [0.717, 1.165) is 0 Å². The summed E-state index contributed by atoms with van der Waals surface area (Å²) in [6.07, 6.45) is 0. The Morgan fingerprint density at radius 1 is 1.33 bits per heavy atom. The van der Waals surface area contributed by atoms with Crippen LogP contribution in [-0.2, 0) is 26.0 Å². The zero-order valence-electron chi connectivity index (χ0n) is 13.0. The minimum Gasteiger partial charge on any atom is -0.447 e. The average Bonchev–Trinajstić information content (AvgIpc) is 2.89. The summed E-state index contributed by atoms with van der Waals surface area (Å²) in [6.45, 7) is 3.10. The second kappa shape index (κ2) is 8.50. The first-order valence-electron chi connectivity index (χ1n) is 6.70. The molecule has 0 spiro atoms. The van der Waals surface area contributed by atoms with Gasteiger partial charge in [0.25, 0.3) is 10.0 Å². The van der Waals surface area contributed by atoms with Gasteiger partial charge in [0.05, 0.1) is 19.8 Å². The van der Waals surface area contributed by atoms with Crippen LogP contribution < -0.4 is 5.32 Å². The zero-order valence-corrected chi connectivity index (χ0v) is 13.8. The van der Waals surface area contributed by atoms with E-state index in [1.165, 1.54) is 24.6 Å². The monoisotopic (exact) mass is 320 g/mol. The van der Waals surface area contributed by atoms with Crippen molar-refractivity contribution in [2.45, 2.75) is 24.6 Å². The van der Waals surface area contributed by atoms with Crippen molar-refractivity contribution in [2.75, 3.05) is 41.0 Å². The third-order valence-electron chi connectivity index (χ3n) is 2.97. The van der Waals surface area contributed by atoms with Crippen LogP contribution in [-0.4, -0.2) is 59.8 Å². The second-order valence-corrected chi connectivity index (χ2v) is 6.49. The van der Waals surface area contributed by atoms with E-state index in [1.807, 2.05) is 0 Å². The lowest BCUT2D eigenvalue weighted by Crippen LogP contribution is -2.42. The molecule has 0 fully saturated rings. The average molecular weight is 320 g/mol.